The molecule has 126 valence electrons. The number of anilines is 1. The molecule has 1 atom stereocenters. The molecule has 0 bridgehead atoms. The first-order chi connectivity index (χ1) is 11.3. The Hall–Kier alpha value is -2.34. The lowest BCUT2D eigenvalue weighted by Gasteiger charge is -2.14. The van der Waals surface area contributed by atoms with Gasteiger partial charge in [0.15, 0.2) is 0 Å². The fourth-order valence-corrected chi connectivity index (χ4v) is 3.80. The molecule has 1 aromatic carbocycles. The summed E-state index contributed by atoms with van der Waals surface area (Å²) in [5.41, 5.74) is 4.93. The van der Waals surface area contributed by atoms with Crippen molar-refractivity contribution in [1.29, 1.82) is 0 Å². The number of benzene rings is 1. The number of rotatable bonds is 5. The normalized spacial score (nSPS) is 13.1. The average molecular weight is 343 g/mol. The highest BCUT2D eigenvalue weighted by molar-refractivity contribution is 7.90. The van der Waals surface area contributed by atoms with E-state index in [-0.39, 0.29) is 11.8 Å². The van der Waals surface area contributed by atoms with Crippen LogP contribution >= 0.6 is 0 Å². The molecule has 0 saturated heterocycles. The second kappa shape index (κ2) is 6.28. The largest absolute Gasteiger partial charge is 0.382 e. The molecule has 1 N–H and O–H groups in total. The van der Waals surface area contributed by atoms with Crippen LogP contribution in [0.2, 0.25) is 0 Å². The Labute approximate surface area is 142 Å². The van der Waals surface area contributed by atoms with Gasteiger partial charge in [0, 0.05) is 35.9 Å². The first-order valence-electron chi connectivity index (χ1n) is 7.81. The van der Waals surface area contributed by atoms with Crippen molar-refractivity contribution >= 4 is 21.2 Å². The molecule has 0 radical (unpaired) electrons. The Morgan fingerprint density at radius 2 is 1.92 bits per heavy atom. The summed E-state index contributed by atoms with van der Waals surface area (Å²) in [5.74, 6) is 0.112. The highest BCUT2D eigenvalue weighted by atomic mass is 32.2. The van der Waals surface area contributed by atoms with Crippen LogP contribution in [0.25, 0.3) is 16.9 Å². The van der Waals surface area contributed by atoms with Gasteiger partial charge in [-0.15, -0.1) is 0 Å². The molecular weight excluding hydrogens is 322 g/mol. The molecule has 3 rings (SSSR count). The van der Waals surface area contributed by atoms with Crippen molar-refractivity contribution in [2.75, 3.05) is 17.3 Å². The van der Waals surface area contributed by atoms with Gasteiger partial charge in [0.1, 0.15) is 15.5 Å². The number of imidazole rings is 1. The Morgan fingerprint density at radius 3 is 2.54 bits per heavy atom. The summed E-state index contributed by atoms with van der Waals surface area (Å²) < 4.78 is 24.7. The Balaban J connectivity index is 1.79. The maximum atomic E-state index is 11.3. The second-order valence-electron chi connectivity index (χ2n) is 6.26. The molecule has 6 heteroatoms. The van der Waals surface area contributed by atoms with E-state index in [4.69, 9.17) is 0 Å². The first-order valence-corrected chi connectivity index (χ1v) is 9.87. The highest BCUT2D eigenvalue weighted by Gasteiger charge is 2.11. The second-order valence-corrected chi connectivity index (χ2v) is 8.45. The topological polar surface area (TPSA) is 63.5 Å². The van der Waals surface area contributed by atoms with E-state index in [1.54, 1.807) is 0 Å². The third-order valence-electron chi connectivity index (χ3n) is 3.82. The van der Waals surface area contributed by atoms with Gasteiger partial charge < -0.3 is 9.72 Å². The van der Waals surface area contributed by atoms with Crippen LogP contribution in [0.4, 0.5) is 5.69 Å². The van der Waals surface area contributed by atoms with Gasteiger partial charge in [-0.2, -0.15) is 0 Å². The van der Waals surface area contributed by atoms with Crippen molar-refractivity contribution in [2.45, 2.75) is 19.9 Å². The maximum absolute atomic E-state index is 11.3. The summed E-state index contributed by atoms with van der Waals surface area (Å²) >= 11 is 0. The van der Waals surface area contributed by atoms with Crippen LogP contribution in [-0.2, 0) is 9.84 Å². The molecule has 2 aromatic heterocycles. The molecule has 2 heterocycles. The quantitative estimate of drug-likeness (QED) is 0.773. The molecule has 0 unspecified atom stereocenters. The summed E-state index contributed by atoms with van der Waals surface area (Å²) in [6.07, 6.45) is 5.25. The summed E-state index contributed by atoms with van der Waals surface area (Å²) in [6, 6.07) is 11.8. The molecular formula is C18H21N3O2S. The van der Waals surface area contributed by atoms with E-state index < -0.39 is 9.84 Å². The standard InChI is InChI=1S/C18H21N3O2S/c1-13-5-4-10-21-11-17(20-18(13)21)15-6-8-16(9-7-15)19-14(2)12-24(3,22)23/h4-11,14,19H,12H2,1-3H3/t14-/m1/s1. The molecule has 0 saturated carbocycles. The van der Waals surface area contributed by atoms with E-state index in [1.165, 1.54) is 6.26 Å². The number of aromatic nitrogens is 2. The van der Waals surface area contributed by atoms with Crippen LogP contribution < -0.4 is 5.32 Å². The van der Waals surface area contributed by atoms with Crippen molar-refractivity contribution in [1.82, 2.24) is 9.38 Å². The number of pyridine rings is 1. The predicted octanol–water partition coefficient (Wildman–Crippen LogP) is 3.15. The third-order valence-corrected chi connectivity index (χ3v) is 4.93. The van der Waals surface area contributed by atoms with Crippen molar-refractivity contribution in [3.05, 3.63) is 54.4 Å². The number of sulfone groups is 1. The van der Waals surface area contributed by atoms with Gasteiger partial charge in [0.05, 0.1) is 11.4 Å². The van der Waals surface area contributed by atoms with Gasteiger partial charge in [0.2, 0.25) is 0 Å². The number of hydrogen-bond donors (Lipinski definition) is 1. The minimum Gasteiger partial charge on any atom is -0.382 e. The van der Waals surface area contributed by atoms with Gasteiger partial charge in [-0.3, -0.25) is 0 Å². The van der Waals surface area contributed by atoms with Crippen LogP contribution in [0.5, 0.6) is 0 Å². The van der Waals surface area contributed by atoms with Gasteiger partial charge >= 0.3 is 0 Å². The number of nitrogens with one attached hydrogen (secondary N) is 1. The Kier molecular flexibility index (Phi) is 4.32. The molecule has 0 fully saturated rings. The zero-order valence-corrected chi connectivity index (χ0v) is 14.8. The molecule has 3 aromatic rings. The van der Waals surface area contributed by atoms with E-state index >= 15 is 0 Å². The van der Waals surface area contributed by atoms with E-state index in [1.807, 2.05) is 67.0 Å². The number of nitrogens with zero attached hydrogens (tertiary/aromatic N) is 2. The van der Waals surface area contributed by atoms with Gasteiger partial charge in [-0.25, -0.2) is 13.4 Å². The number of aryl methyl sites for hydroxylation is 1. The lowest BCUT2D eigenvalue weighted by molar-refractivity contribution is 0.598. The summed E-state index contributed by atoms with van der Waals surface area (Å²) in [7, 11) is -2.99. The van der Waals surface area contributed by atoms with Gasteiger partial charge in [-0.1, -0.05) is 18.2 Å². The predicted molar refractivity (Wildman–Crippen MR) is 98.2 cm³/mol. The molecule has 24 heavy (non-hydrogen) atoms. The van der Waals surface area contributed by atoms with Crippen molar-refractivity contribution in [3.63, 3.8) is 0 Å². The summed E-state index contributed by atoms with van der Waals surface area (Å²) in [5, 5.41) is 3.21. The summed E-state index contributed by atoms with van der Waals surface area (Å²) in [6.45, 7) is 3.90. The average Bonchev–Trinajstić information content (AvgIpc) is 2.91. The van der Waals surface area contributed by atoms with E-state index in [2.05, 4.69) is 10.3 Å². The van der Waals surface area contributed by atoms with Crippen LogP contribution in [-0.4, -0.2) is 35.9 Å². The van der Waals surface area contributed by atoms with Crippen LogP contribution in [0.3, 0.4) is 0 Å². The third kappa shape index (κ3) is 3.76. The molecule has 0 spiro atoms. The highest BCUT2D eigenvalue weighted by Crippen LogP contribution is 2.22. The fourth-order valence-electron chi connectivity index (χ4n) is 2.81. The monoisotopic (exact) mass is 343 g/mol. The number of hydrogen-bond acceptors (Lipinski definition) is 4. The van der Waals surface area contributed by atoms with E-state index in [0.717, 1.165) is 28.2 Å². The van der Waals surface area contributed by atoms with E-state index in [9.17, 15) is 8.42 Å². The molecule has 0 aliphatic heterocycles. The van der Waals surface area contributed by atoms with Crippen LogP contribution in [0, 0.1) is 6.92 Å². The van der Waals surface area contributed by atoms with Crippen molar-refractivity contribution in [3.8, 4) is 11.3 Å². The lowest BCUT2D eigenvalue weighted by Crippen LogP contribution is -2.24. The first kappa shape index (κ1) is 16.5. The zero-order chi connectivity index (χ0) is 17.3. The molecule has 5 nitrogen and oxygen atoms in total. The van der Waals surface area contributed by atoms with Crippen LogP contribution in [0.1, 0.15) is 12.5 Å². The molecule has 0 amide bonds. The zero-order valence-electron chi connectivity index (χ0n) is 14.0. The van der Waals surface area contributed by atoms with Crippen molar-refractivity contribution < 1.29 is 8.42 Å². The van der Waals surface area contributed by atoms with Crippen molar-refractivity contribution in [2.24, 2.45) is 0 Å². The Bertz CT molecular complexity index is 960. The number of fused-ring (bicyclic) bond motifs is 1. The molecule has 0 aliphatic carbocycles. The minimum absolute atomic E-state index is 0.112. The van der Waals surface area contributed by atoms with E-state index in [0.29, 0.717) is 0 Å². The fraction of sp³-hybridized carbons (Fsp3) is 0.278. The molecule has 0 aliphatic rings. The van der Waals surface area contributed by atoms with Crippen LogP contribution in [0.15, 0.2) is 48.8 Å². The summed E-state index contributed by atoms with van der Waals surface area (Å²) in [4.78, 5) is 4.68. The lowest BCUT2D eigenvalue weighted by atomic mass is 10.1. The smallest absolute Gasteiger partial charge is 0.149 e. The maximum Gasteiger partial charge on any atom is 0.149 e. The Morgan fingerprint density at radius 1 is 1.21 bits per heavy atom. The van der Waals surface area contributed by atoms with Gasteiger partial charge in [0.25, 0.3) is 0 Å². The minimum atomic E-state index is -2.99. The SMILES string of the molecule is Cc1cccn2cc(-c3ccc(N[C@H](C)CS(C)(=O)=O)cc3)nc12. The van der Waals surface area contributed by atoms with Gasteiger partial charge in [-0.05, 0) is 37.6 Å².